The third kappa shape index (κ3) is 6.66. The van der Waals surface area contributed by atoms with Crippen LogP contribution in [0.2, 0.25) is 5.02 Å². The van der Waals surface area contributed by atoms with E-state index >= 15 is 0 Å². The van der Waals surface area contributed by atoms with Gasteiger partial charge in [-0.25, -0.2) is 4.39 Å². The van der Waals surface area contributed by atoms with Gasteiger partial charge >= 0.3 is 0 Å². The van der Waals surface area contributed by atoms with Gasteiger partial charge in [-0.05, 0) is 36.8 Å². The predicted octanol–water partition coefficient (Wildman–Crippen LogP) is 1.98. The number of hydrogen-bond donors (Lipinski definition) is 2. The number of benzene rings is 2. The van der Waals surface area contributed by atoms with Crippen LogP contribution in [0.3, 0.4) is 0 Å². The number of hydrogen-bond acceptors (Lipinski definition) is 2. The smallest absolute Gasteiger partial charge is 0.279 e. The number of amides is 2. The van der Waals surface area contributed by atoms with Crippen molar-refractivity contribution in [3.63, 3.8) is 0 Å². The molecule has 0 aliphatic rings. The molecule has 0 aliphatic heterocycles. The van der Waals surface area contributed by atoms with Crippen LogP contribution in [-0.2, 0) is 16.1 Å². The van der Waals surface area contributed by atoms with E-state index in [1.165, 1.54) is 12.1 Å². The van der Waals surface area contributed by atoms with Gasteiger partial charge in [-0.3, -0.25) is 9.59 Å². The summed E-state index contributed by atoms with van der Waals surface area (Å²) in [5.74, 6) is -0.638. The van der Waals surface area contributed by atoms with Gasteiger partial charge in [-0.1, -0.05) is 35.9 Å². The van der Waals surface area contributed by atoms with E-state index in [0.717, 1.165) is 10.5 Å². The molecule has 7 heteroatoms. The molecule has 0 heterocycles. The van der Waals surface area contributed by atoms with E-state index in [0.29, 0.717) is 23.8 Å². The molecule has 2 amide bonds. The Morgan fingerprint density at radius 3 is 2.56 bits per heavy atom. The first-order valence-electron chi connectivity index (χ1n) is 8.77. The van der Waals surface area contributed by atoms with Gasteiger partial charge < -0.3 is 15.1 Å². The molecule has 0 saturated carbocycles. The molecule has 2 aromatic rings. The van der Waals surface area contributed by atoms with Gasteiger partial charge in [0.25, 0.3) is 11.8 Å². The predicted molar refractivity (Wildman–Crippen MR) is 104 cm³/mol. The summed E-state index contributed by atoms with van der Waals surface area (Å²) in [6, 6.07) is 13.2. The maximum Gasteiger partial charge on any atom is 0.279 e. The normalized spacial score (nSPS) is 11.7. The van der Waals surface area contributed by atoms with Crippen LogP contribution < -0.4 is 10.2 Å². The van der Waals surface area contributed by atoms with Crippen molar-refractivity contribution >= 4 is 29.1 Å². The molecule has 27 heavy (non-hydrogen) atoms. The molecule has 0 fully saturated rings. The second-order valence-electron chi connectivity index (χ2n) is 6.38. The van der Waals surface area contributed by atoms with E-state index in [9.17, 15) is 14.0 Å². The van der Waals surface area contributed by atoms with Crippen LogP contribution in [0.1, 0.15) is 12.5 Å². The first kappa shape index (κ1) is 20.9. The van der Waals surface area contributed by atoms with Gasteiger partial charge in [0, 0.05) is 13.1 Å². The van der Waals surface area contributed by atoms with E-state index in [-0.39, 0.29) is 30.7 Å². The lowest BCUT2D eigenvalue weighted by Gasteiger charge is -2.22. The van der Waals surface area contributed by atoms with Crippen LogP contribution in [0.4, 0.5) is 10.1 Å². The summed E-state index contributed by atoms with van der Waals surface area (Å²) in [4.78, 5) is 27.1. The number of quaternary nitrogens is 1. The second kappa shape index (κ2) is 10.0. The van der Waals surface area contributed by atoms with Crippen LogP contribution in [0, 0.1) is 5.82 Å². The molecule has 2 rings (SSSR count). The number of carbonyl (C=O) groups is 2. The number of nitrogens with zero attached hydrogens (tertiary/aromatic N) is 1. The molecule has 2 N–H and O–H groups in total. The van der Waals surface area contributed by atoms with Gasteiger partial charge in [0.15, 0.2) is 13.1 Å². The number of carbonyl (C=O) groups excluding carboxylic acids is 2. The Bertz CT molecular complexity index is 800. The van der Waals surface area contributed by atoms with Crippen LogP contribution in [0.5, 0.6) is 0 Å². The van der Waals surface area contributed by atoms with Crippen molar-refractivity contribution < 1.29 is 18.9 Å². The molecule has 0 aliphatic carbocycles. The number of nitrogens with one attached hydrogen (secondary N) is 2. The summed E-state index contributed by atoms with van der Waals surface area (Å²) in [5, 5.41) is 3.21. The summed E-state index contributed by atoms with van der Waals surface area (Å²) >= 11 is 6.03. The van der Waals surface area contributed by atoms with E-state index in [4.69, 9.17) is 11.6 Å². The molecule has 1 atom stereocenters. The summed E-state index contributed by atoms with van der Waals surface area (Å²) in [6.07, 6.45) is 0. The third-order valence-electron chi connectivity index (χ3n) is 4.06. The first-order valence-corrected chi connectivity index (χ1v) is 9.14. The lowest BCUT2D eigenvalue weighted by atomic mass is 10.2. The lowest BCUT2D eigenvalue weighted by molar-refractivity contribution is -0.862. The highest BCUT2D eigenvalue weighted by atomic mass is 35.5. The lowest BCUT2D eigenvalue weighted by Crippen LogP contribution is -3.11. The van der Waals surface area contributed by atoms with E-state index in [1.54, 1.807) is 48.3 Å². The number of halogens is 2. The van der Waals surface area contributed by atoms with Crippen LogP contribution in [-0.4, -0.2) is 43.4 Å². The Hall–Kier alpha value is -2.44. The summed E-state index contributed by atoms with van der Waals surface area (Å²) in [5.41, 5.74) is 1.28. The first-order chi connectivity index (χ1) is 12.9. The fourth-order valence-electron chi connectivity index (χ4n) is 2.70. The van der Waals surface area contributed by atoms with E-state index in [2.05, 4.69) is 5.32 Å². The number of rotatable bonds is 8. The molecule has 5 nitrogen and oxygen atoms in total. The molecule has 0 aromatic heterocycles. The zero-order chi connectivity index (χ0) is 19.8. The Balaban J connectivity index is 1.87. The van der Waals surface area contributed by atoms with Crippen molar-refractivity contribution in [2.24, 2.45) is 0 Å². The molecule has 2 aromatic carbocycles. The maximum absolute atomic E-state index is 13.3. The van der Waals surface area contributed by atoms with Gasteiger partial charge in [-0.2, -0.15) is 0 Å². The summed E-state index contributed by atoms with van der Waals surface area (Å²) in [6.45, 7) is 3.02. The minimum absolute atomic E-state index is 0.0928. The molecule has 0 spiro atoms. The van der Waals surface area contributed by atoms with Crippen LogP contribution in [0.25, 0.3) is 0 Å². The fourth-order valence-corrected chi connectivity index (χ4v) is 2.88. The van der Waals surface area contributed by atoms with Crippen LogP contribution >= 0.6 is 11.6 Å². The number of anilines is 1. The van der Waals surface area contributed by atoms with E-state index < -0.39 is 0 Å². The molecule has 0 saturated heterocycles. The van der Waals surface area contributed by atoms with Gasteiger partial charge in [-0.15, -0.1) is 0 Å². The Morgan fingerprint density at radius 2 is 1.89 bits per heavy atom. The largest absolute Gasteiger partial charge is 0.334 e. The summed E-state index contributed by atoms with van der Waals surface area (Å²) in [7, 11) is 1.78. The van der Waals surface area contributed by atoms with Gasteiger partial charge in [0.2, 0.25) is 0 Å². The SMILES string of the molecule is CCN(Cc1cccc(F)c1)C(=O)C[NH+](C)CC(=O)Nc1ccccc1Cl. The zero-order valence-electron chi connectivity index (χ0n) is 15.5. The van der Waals surface area contributed by atoms with Crippen LogP contribution in [0.15, 0.2) is 48.5 Å². The standard InChI is InChI=1S/C20H23ClFN3O2/c1-3-25(12-15-7-6-8-16(22)11-15)20(27)14-24(2)13-19(26)23-18-10-5-4-9-17(18)21/h4-11H,3,12-14H2,1-2H3,(H,23,26)/p+1. The van der Waals surface area contributed by atoms with Crippen molar-refractivity contribution in [3.8, 4) is 0 Å². The van der Waals surface area contributed by atoms with Crippen molar-refractivity contribution in [2.75, 3.05) is 32.0 Å². The monoisotopic (exact) mass is 392 g/mol. The molecule has 144 valence electrons. The Kier molecular flexibility index (Phi) is 7.76. The molecule has 0 bridgehead atoms. The number of likely N-dealkylation sites (N-methyl/N-ethyl adjacent to an activating group) is 2. The van der Waals surface area contributed by atoms with Crippen molar-refractivity contribution in [1.82, 2.24) is 4.90 Å². The third-order valence-corrected chi connectivity index (χ3v) is 4.39. The average molecular weight is 393 g/mol. The molecule has 0 radical (unpaired) electrons. The topological polar surface area (TPSA) is 53.9 Å². The van der Waals surface area contributed by atoms with E-state index in [1.807, 2.05) is 6.92 Å². The van der Waals surface area contributed by atoms with Crippen molar-refractivity contribution in [3.05, 3.63) is 64.9 Å². The highest BCUT2D eigenvalue weighted by Crippen LogP contribution is 2.19. The quantitative estimate of drug-likeness (QED) is 0.721. The minimum Gasteiger partial charge on any atom is -0.334 e. The minimum atomic E-state index is -0.324. The number of para-hydroxylation sites is 1. The highest BCUT2D eigenvalue weighted by molar-refractivity contribution is 6.33. The zero-order valence-corrected chi connectivity index (χ0v) is 16.2. The fraction of sp³-hybridized carbons (Fsp3) is 0.300. The Morgan fingerprint density at radius 1 is 1.15 bits per heavy atom. The van der Waals surface area contributed by atoms with Crippen molar-refractivity contribution in [1.29, 1.82) is 0 Å². The maximum atomic E-state index is 13.3. The highest BCUT2D eigenvalue weighted by Gasteiger charge is 2.19. The molecule has 1 unspecified atom stereocenters. The Labute approximate surface area is 163 Å². The van der Waals surface area contributed by atoms with Gasteiger partial charge in [0.1, 0.15) is 5.82 Å². The van der Waals surface area contributed by atoms with Gasteiger partial charge in [0.05, 0.1) is 17.8 Å². The summed E-state index contributed by atoms with van der Waals surface area (Å²) < 4.78 is 13.3. The average Bonchev–Trinajstić information content (AvgIpc) is 2.61. The van der Waals surface area contributed by atoms with Crippen molar-refractivity contribution in [2.45, 2.75) is 13.5 Å². The second-order valence-corrected chi connectivity index (χ2v) is 6.78. The molecular formula is C20H24ClFN3O2+. The molecular weight excluding hydrogens is 369 g/mol.